The number of nitrogens with zero attached hydrogens (tertiary/aromatic N) is 2. The number of fused-ring (bicyclic) bond motifs is 1. The van der Waals surface area contributed by atoms with Crippen LogP contribution in [0.25, 0.3) is 11.0 Å². The normalized spacial score (nSPS) is 10.9. The van der Waals surface area contributed by atoms with Crippen LogP contribution in [0.1, 0.15) is 54.5 Å². The second-order valence-corrected chi connectivity index (χ2v) is 8.43. The fourth-order valence-electron chi connectivity index (χ4n) is 4.36. The van der Waals surface area contributed by atoms with E-state index in [1.807, 2.05) is 0 Å². The van der Waals surface area contributed by atoms with E-state index >= 15 is 0 Å². The van der Waals surface area contributed by atoms with E-state index in [0.717, 1.165) is 56.1 Å². The van der Waals surface area contributed by atoms with Crippen LogP contribution < -0.4 is 5.73 Å². The van der Waals surface area contributed by atoms with Gasteiger partial charge in [0.15, 0.2) is 0 Å². The maximum absolute atomic E-state index is 6.28. The quantitative estimate of drug-likeness (QED) is 0.184. The van der Waals surface area contributed by atoms with Crippen molar-refractivity contribution in [3.05, 3.63) is 94.5 Å². The first-order valence-corrected chi connectivity index (χ1v) is 11.6. The van der Waals surface area contributed by atoms with Crippen LogP contribution in [-0.4, -0.2) is 9.55 Å². The molecule has 32 heavy (non-hydrogen) atoms. The number of unbranched alkanes of at least 4 members (excludes halogenated alkanes) is 1. The van der Waals surface area contributed by atoms with Gasteiger partial charge in [0.1, 0.15) is 0 Å². The maximum atomic E-state index is 6.28. The molecule has 0 aliphatic heterocycles. The second kappa shape index (κ2) is 11.5. The summed E-state index contributed by atoms with van der Waals surface area (Å²) in [6, 6.07) is 24.2. The SMILES string of the molecule is CCc1cc(CC)cc(CCCCn2c(N)nc3cc(Cc4ccccc4)ccc32)c1.I. The van der Waals surface area contributed by atoms with Gasteiger partial charge >= 0.3 is 0 Å². The van der Waals surface area contributed by atoms with Crippen molar-refractivity contribution < 1.29 is 0 Å². The lowest BCUT2D eigenvalue weighted by molar-refractivity contribution is 0.626. The molecule has 0 fully saturated rings. The van der Waals surface area contributed by atoms with Gasteiger partial charge in [-0.05, 0) is 78.5 Å². The van der Waals surface area contributed by atoms with E-state index < -0.39 is 0 Å². The Morgan fingerprint density at radius 3 is 2.12 bits per heavy atom. The third kappa shape index (κ3) is 5.91. The molecule has 168 valence electrons. The molecule has 0 saturated heterocycles. The molecule has 0 atom stereocenters. The molecular weight excluding hydrogens is 505 g/mol. The monoisotopic (exact) mass is 539 g/mol. The number of aromatic nitrogens is 2. The van der Waals surface area contributed by atoms with Crippen molar-refractivity contribution >= 4 is 41.0 Å². The molecule has 0 saturated carbocycles. The highest BCUT2D eigenvalue weighted by atomic mass is 127. The Bertz CT molecular complexity index is 1130. The van der Waals surface area contributed by atoms with Gasteiger partial charge in [0, 0.05) is 6.54 Å². The Morgan fingerprint density at radius 1 is 0.750 bits per heavy atom. The van der Waals surface area contributed by atoms with Crippen molar-refractivity contribution in [2.75, 3.05) is 5.73 Å². The number of nitrogens with two attached hydrogens (primary N) is 1. The average Bonchev–Trinajstić information content (AvgIpc) is 3.11. The summed E-state index contributed by atoms with van der Waals surface area (Å²) in [6.45, 7) is 5.38. The van der Waals surface area contributed by atoms with E-state index in [-0.39, 0.29) is 24.0 Å². The Labute approximate surface area is 209 Å². The van der Waals surface area contributed by atoms with Crippen LogP contribution in [0, 0.1) is 0 Å². The molecular formula is C28H34IN3. The smallest absolute Gasteiger partial charge is 0.201 e. The Balaban J connectivity index is 0.00000289. The van der Waals surface area contributed by atoms with E-state index in [1.54, 1.807) is 0 Å². The van der Waals surface area contributed by atoms with Gasteiger partial charge in [-0.25, -0.2) is 4.98 Å². The summed E-state index contributed by atoms with van der Waals surface area (Å²) in [5.74, 6) is 0.619. The Kier molecular flexibility index (Phi) is 8.74. The van der Waals surface area contributed by atoms with Crippen molar-refractivity contribution in [1.82, 2.24) is 9.55 Å². The molecule has 4 rings (SSSR count). The van der Waals surface area contributed by atoms with Crippen LogP contribution in [0.2, 0.25) is 0 Å². The number of benzene rings is 3. The molecule has 2 N–H and O–H groups in total. The molecule has 3 aromatic carbocycles. The highest BCUT2D eigenvalue weighted by Gasteiger charge is 2.09. The summed E-state index contributed by atoms with van der Waals surface area (Å²) >= 11 is 0. The Morgan fingerprint density at radius 2 is 1.44 bits per heavy atom. The maximum Gasteiger partial charge on any atom is 0.201 e. The fourth-order valence-corrected chi connectivity index (χ4v) is 4.36. The molecule has 4 aromatic rings. The van der Waals surface area contributed by atoms with Gasteiger partial charge in [-0.1, -0.05) is 68.4 Å². The van der Waals surface area contributed by atoms with Gasteiger partial charge in [0.05, 0.1) is 11.0 Å². The minimum absolute atomic E-state index is 0. The lowest BCUT2D eigenvalue weighted by Crippen LogP contribution is -2.04. The molecule has 1 aromatic heterocycles. The van der Waals surface area contributed by atoms with Gasteiger partial charge in [0.25, 0.3) is 0 Å². The molecule has 0 spiro atoms. The number of hydrogen-bond donors (Lipinski definition) is 1. The number of aryl methyl sites for hydroxylation is 4. The molecule has 1 heterocycles. The van der Waals surface area contributed by atoms with Crippen molar-refractivity contribution in [3.8, 4) is 0 Å². The predicted octanol–water partition coefficient (Wildman–Crippen LogP) is 6.98. The van der Waals surface area contributed by atoms with E-state index in [1.165, 1.54) is 27.8 Å². The molecule has 3 nitrogen and oxygen atoms in total. The number of hydrogen-bond acceptors (Lipinski definition) is 2. The summed E-state index contributed by atoms with van der Waals surface area (Å²) in [7, 11) is 0. The van der Waals surface area contributed by atoms with Crippen LogP contribution in [0.4, 0.5) is 5.95 Å². The van der Waals surface area contributed by atoms with Gasteiger partial charge in [-0.2, -0.15) is 0 Å². The number of imidazole rings is 1. The van der Waals surface area contributed by atoms with Crippen LogP contribution in [-0.2, 0) is 32.2 Å². The first kappa shape index (κ1) is 24.3. The lowest BCUT2D eigenvalue weighted by atomic mass is 9.99. The topological polar surface area (TPSA) is 43.8 Å². The van der Waals surface area contributed by atoms with Crippen LogP contribution in [0.3, 0.4) is 0 Å². The minimum atomic E-state index is 0. The van der Waals surface area contributed by atoms with Crippen LogP contribution >= 0.6 is 24.0 Å². The summed E-state index contributed by atoms with van der Waals surface area (Å²) in [5, 5.41) is 0. The summed E-state index contributed by atoms with van der Waals surface area (Å²) in [5.41, 5.74) is 15.4. The fraction of sp³-hybridized carbons (Fsp3) is 0.321. The van der Waals surface area contributed by atoms with E-state index in [4.69, 9.17) is 5.73 Å². The molecule has 4 heteroatoms. The predicted molar refractivity (Wildman–Crippen MR) is 147 cm³/mol. The zero-order chi connectivity index (χ0) is 21.6. The number of halogens is 1. The van der Waals surface area contributed by atoms with Crippen molar-refractivity contribution in [3.63, 3.8) is 0 Å². The molecule has 0 aliphatic rings. The van der Waals surface area contributed by atoms with E-state index in [9.17, 15) is 0 Å². The molecule has 0 unspecified atom stereocenters. The highest BCUT2D eigenvalue weighted by Crippen LogP contribution is 2.22. The third-order valence-electron chi connectivity index (χ3n) is 6.12. The first-order valence-electron chi connectivity index (χ1n) is 11.6. The van der Waals surface area contributed by atoms with E-state index in [0.29, 0.717) is 5.95 Å². The zero-order valence-electron chi connectivity index (χ0n) is 19.2. The average molecular weight is 540 g/mol. The molecule has 0 amide bonds. The number of rotatable bonds is 9. The molecule has 0 bridgehead atoms. The lowest BCUT2D eigenvalue weighted by Gasteiger charge is -2.09. The zero-order valence-corrected chi connectivity index (χ0v) is 21.5. The first-order chi connectivity index (χ1) is 15.2. The standard InChI is InChI=1S/C28H33N3.HI/c1-3-21-16-22(4-2)18-24(17-21)12-8-9-15-31-27-14-13-25(20-26(27)30-28(31)29)19-23-10-6-5-7-11-23;/h5-7,10-11,13-14,16-18,20H,3-4,8-9,12,15,19H2,1-2H3,(H2,29,30);1H. The van der Waals surface area contributed by atoms with Gasteiger partial charge in [-0.3, -0.25) is 0 Å². The summed E-state index contributed by atoms with van der Waals surface area (Å²) in [6.07, 6.45) is 6.49. The molecule has 0 aliphatic carbocycles. The van der Waals surface area contributed by atoms with Gasteiger partial charge in [0.2, 0.25) is 5.95 Å². The number of anilines is 1. The van der Waals surface area contributed by atoms with Gasteiger partial charge in [-0.15, -0.1) is 24.0 Å². The highest BCUT2D eigenvalue weighted by molar-refractivity contribution is 14.0. The van der Waals surface area contributed by atoms with Crippen molar-refractivity contribution in [2.24, 2.45) is 0 Å². The van der Waals surface area contributed by atoms with Crippen LogP contribution in [0.15, 0.2) is 66.7 Å². The van der Waals surface area contributed by atoms with E-state index in [2.05, 4.69) is 90.1 Å². The minimum Gasteiger partial charge on any atom is -0.369 e. The summed E-state index contributed by atoms with van der Waals surface area (Å²) < 4.78 is 2.17. The third-order valence-corrected chi connectivity index (χ3v) is 6.12. The largest absolute Gasteiger partial charge is 0.369 e. The second-order valence-electron chi connectivity index (χ2n) is 8.43. The van der Waals surface area contributed by atoms with Crippen molar-refractivity contribution in [2.45, 2.75) is 58.9 Å². The Hall–Kier alpha value is -2.34. The summed E-state index contributed by atoms with van der Waals surface area (Å²) in [4.78, 5) is 4.64. The number of nitrogen functional groups attached to an aromatic ring is 1. The molecule has 0 radical (unpaired) electrons. The van der Waals surface area contributed by atoms with Crippen LogP contribution in [0.5, 0.6) is 0 Å². The van der Waals surface area contributed by atoms with Crippen molar-refractivity contribution in [1.29, 1.82) is 0 Å². The van der Waals surface area contributed by atoms with Gasteiger partial charge < -0.3 is 10.3 Å².